The lowest BCUT2D eigenvalue weighted by Crippen LogP contribution is -2.14. The van der Waals surface area contributed by atoms with Crippen molar-refractivity contribution >= 4 is 33.4 Å². The van der Waals surface area contributed by atoms with Gasteiger partial charge in [-0.1, -0.05) is 115 Å². The number of aromatic nitrogens is 2. The third kappa shape index (κ3) is 4.43. The van der Waals surface area contributed by atoms with Gasteiger partial charge in [0.15, 0.2) is 0 Å². The van der Waals surface area contributed by atoms with E-state index >= 15 is 0 Å². The minimum atomic E-state index is -0.0971. The van der Waals surface area contributed by atoms with Crippen LogP contribution in [0.2, 0.25) is 0 Å². The van der Waals surface area contributed by atoms with Gasteiger partial charge in [0.05, 0.1) is 11.4 Å². The van der Waals surface area contributed by atoms with Gasteiger partial charge in [0, 0.05) is 39.3 Å². The Balaban J connectivity index is 0.959. The summed E-state index contributed by atoms with van der Waals surface area (Å²) in [4.78, 5) is 5.06. The summed E-state index contributed by atoms with van der Waals surface area (Å²) in [5.74, 6) is 2.98. The molecule has 0 bridgehead atoms. The zero-order chi connectivity index (χ0) is 33.5. The van der Waals surface area contributed by atoms with E-state index in [2.05, 4.69) is 150 Å². The molecule has 3 aliphatic rings. The van der Waals surface area contributed by atoms with Crippen LogP contribution in [-0.4, -0.2) is 9.55 Å². The van der Waals surface area contributed by atoms with Gasteiger partial charge in [-0.05, 0) is 82.8 Å². The Morgan fingerprint density at radius 1 is 0.667 bits per heavy atom. The summed E-state index contributed by atoms with van der Waals surface area (Å²) >= 11 is 0. The van der Waals surface area contributed by atoms with Gasteiger partial charge in [0.2, 0.25) is 0 Å². The maximum absolute atomic E-state index is 6.60. The van der Waals surface area contributed by atoms with E-state index in [9.17, 15) is 0 Å². The lowest BCUT2D eigenvalue weighted by atomic mass is 9.80. The van der Waals surface area contributed by atoms with Crippen molar-refractivity contribution in [2.75, 3.05) is 0 Å². The molecule has 0 radical (unpaired) electrons. The molecule has 0 saturated carbocycles. The summed E-state index contributed by atoms with van der Waals surface area (Å²) in [5, 5.41) is 3.52. The third-order valence-corrected chi connectivity index (χ3v) is 10.8. The van der Waals surface area contributed by atoms with Crippen LogP contribution in [0.3, 0.4) is 0 Å². The van der Waals surface area contributed by atoms with Crippen molar-refractivity contribution in [1.82, 2.24) is 9.55 Å². The number of hydrogen-bond acceptors (Lipinski definition) is 3. The number of furan rings is 1. The minimum Gasteiger partial charge on any atom is -0.484 e. The van der Waals surface area contributed by atoms with Crippen LogP contribution in [0, 0.1) is 0 Å². The van der Waals surface area contributed by atoms with Crippen molar-refractivity contribution in [1.29, 1.82) is 0 Å². The summed E-state index contributed by atoms with van der Waals surface area (Å²) in [5.41, 5.74) is 12.5. The molecule has 242 valence electrons. The standard InChI is InChI=1S/C47H32N2O2/c1-2-10-30(11-3-1)47-48-40-14-6-7-15-41(40)49(47)35-24-22-29(23-25-35)31-18-19-33-27-34(21-20-32(33)26-31)38-28-39-36-12-4-8-16-42(36)50-46(39)44-37-13-5-9-17-43(37)51-45(38)44/h1-6,8-14,16-28,39,46H,7,15H2. The first-order valence-corrected chi connectivity index (χ1v) is 17.7. The molecule has 0 amide bonds. The fourth-order valence-electron chi connectivity index (χ4n) is 8.40. The number of ether oxygens (including phenoxy) is 1. The van der Waals surface area contributed by atoms with Gasteiger partial charge in [-0.2, -0.15) is 0 Å². The second-order valence-corrected chi connectivity index (χ2v) is 13.8. The highest BCUT2D eigenvalue weighted by molar-refractivity contribution is 5.96. The Labute approximate surface area is 295 Å². The topological polar surface area (TPSA) is 40.2 Å². The average Bonchev–Trinajstić information content (AvgIpc) is 3.89. The van der Waals surface area contributed by atoms with E-state index in [1.54, 1.807) is 0 Å². The Bertz CT molecular complexity index is 2730. The quantitative estimate of drug-likeness (QED) is 0.189. The fourth-order valence-corrected chi connectivity index (χ4v) is 8.40. The van der Waals surface area contributed by atoms with E-state index in [1.165, 1.54) is 33.2 Å². The number of allylic oxidation sites excluding steroid dienone is 1. The Morgan fingerprint density at radius 3 is 2.29 bits per heavy atom. The van der Waals surface area contributed by atoms with Gasteiger partial charge in [-0.25, -0.2) is 4.98 Å². The Morgan fingerprint density at radius 2 is 1.41 bits per heavy atom. The molecular weight excluding hydrogens is 625 g/mol. The number of para-hydroxylation sites is 2. The molecule has 6 aromatic carbocycles. The van der Waals surface area contributed by atoms with E-state index < -0.39 is 0 Å². The maximum atomic E-state index is 6.60. The van der Waals surface area contributed by atoms with Crippen LogP contribution in [0.5, 0.6) is 5.75 Å². The molecule has 2 atom stereocenters. The Hall–Kier alpha value is -6.39. The first kappa shape index (κ1) is 28.4. The molecule has 11 rings (SSSR count). The van der Waals surface area contributed by atoms with Crippen LogP contribution in [0.1, 0.15) is 52.3 Å². The molecule has 4 heteroatoms. The van der Waals surface area contributed by atoms with Gasteiger partial charge < -0.3 is 9.15 Å². The number of nitrogens with zero attached hydrogens (tertiary/aromatic N) is 2. The Kier molecular flexibility index (Phi) is 6.17. The minimum absolute atomic E-state index is 0.0971. The molecule has 3 heterocycles. The number of hydrogen-bond donors (Lipinski definition) is 0. The molecular formula is C47H32N2O2. The van der Waals surface area contributed by atoms with Crippen LogP contribution in [0.15, 0.2) is 156 Å². The summed E-state index contributed by atoms with van der Waals surface area (Å²) in [6.45, 7) is 0. The highest BCUT2D eigenvalue weighted by Crippen LogP contribution is 2.55. The second kappa shape index (κ2) is 11.1. The van der Waals surface area contributed by atoms with Crippen LogP contribution in [0.4, 0.5) is 0 Å². The van der Waals surface area contributed by atoms with Crippen LogP contribution >= 0.6 is 0 Å². The summed E-state index contributed by atoms with van der Waals surface area (Å²) in [6.07, 6.45) is 8.66. The smallest absolute Gasteiger partial charge is 0.145 e. The fraction of sp³-hybridized carbons (Fsp3) is 0.0851. The van der Waals surface area contributed by atoms with Gasteiger partial charge in [0.25, 0.3) is 0 Å². The predicted octanol–water partition coefficient (Wildman–Crippen LogP) is 11.7. The monoisotopic (exact) mass is 656 g/mol. The summed E-state index contributed by atoms with van der Waals surface area (Å²) in [6, 6.07) is 49.7. The third-order valence-electron chi connectivity index (χ3n) is 10.8. The highest BCUT2D eigenvalue weighted by atomic mass is 16.5. The van der Waals surface area contributed by atoms with Crippen molar-refractivity contribution in [3.05, 3.63) is 186 Å². The summed E-state index contributed by atoms with van der Waals surface area (Å²) in [7, 11) is 0. The van der Waals surface area contributed by atoms with Gasteiger partial charge in [-0.3, -0.25) is 4.57 Å². The molecule has 1 aliphatic heterocycles. The predicted molar refractivity (Wildman–Crippen MR) is 205 cm³/mol. The first-order chi connectivity index (χ1) is 25.3. The molecule has 0 fully saturated rings. The van der Waals surface area contributed by atoms with E-state index in [1.807, 2.05) is 12.1 Å². The molecule has 4 nitrogen and oxygen atoms in total. The van der Waals surface area contributed by atoms with E-state index in [-0.39, 0.29) is 12.0 Å². The average molecular weight is 657 g/mol. The van der Waals surface area contributed by atoms with Crippen molar-refractivity contribution < 1.29 is 9.15 Å². The van der Waals surface area contributed by atoms with Crippen LogP contribution in [-0.2, 0) is 6.42 Å². The second-order valence-electron chi connectivity index (χ2n) is 13.8. The SMILES string of the molecule is C1=Cc2nc(-c3ccccc3)n(-c3ccc(-c4ccc5cc(C6=CC7c8ccccc8OC7c7c6oc6ccccc76)ccc5c4)cc3)c2CC1. The lowest BCUT2D eigenvalue weighted by Gasteiger charge is -2.24. The van der Waals surface area contributed by atoms with Crippen LogP contribution in [0.25, 0.3) is 61.6 Å². The van der Waals surface area contributed by atoms with Crippen molar-refractivity contribution in [3.63, 3.8) is 0 Å². The van der Waals surface area contributed by atoms with Crippen molar-refractivity contribution in [2.45, 2.75) is 24.9 Å². The molecule has 0 N–H and O–H groups in total. The van der Waals surface area contributed by atoms with Crippen LogP contribution < -0.4 is 4.74 Å². The first-order valence-electron chi connectivity index (χ1n) is 17.7. The van der Waals surface area contributed by atoms with E-state index in [0.29, 0.717) is 0 Å². The summed E-state index contributed by atoms with van der Waals surface area (Å²) < 4.78 is 15.5. The van der Waals surface area contributed by atoms with Gasteiger partial charge in [0.1, 0.15) is 29.0 Å². The van der Waals surface area contributed by atoms with E-state index in [4.69, 9.17) is 14.1 Å². The highest BCUT2D eigenvalue weighted by Gasteiger charge is 2.42. The zero-order valence-corrected chi connectivity index (χ0v) is 27.8. The molecule has 2 aromatic heterocycles. The number of rotatable bonds is 4. The lowest BCUT2D eigenvalue weighted by molar-refractivity contribution is 0.222. The largest absolute Gasteiger partial charge is 0.484 e. The van der Waals surface area contributed by atoms with Gasteiger partial charge in [-0.15, -0.1) is 0 Å². The van der Waals surface area contributed by atoms with E-state index in [0.717, 1.165) is 74.8 Å². The number of benzene rings is 6. The molecule has 0 spiro atoms. The molecule has 51 heavy (non-hydrogen) atoms. The van der Waals surface area contributed by atoms with Crippen molar-refractivity contribution in [3.8, 4) is 34.0 Å². The van der Waals surface area contributed by atoms with Crippen molar-refractivity contribution in [2.24, 2.45) is 0 Å². The molecule has 0 saturated heterocycles. The number of fused-ring (bicyclic) bond motifs is 9. The zero-order valence-electron chi connectivity index (χ0n) is 27.8. The van der Waals surface area contributed by atoms with Gasteiger partial charge >= 0.3 is 0 Å². The normalized spacial score (nSPS) is 17.1. The number of imidazole rings is 1. The molecule has 8 aromatic rings. The maximum Gasteiger partial charge on any atom is 0.145 e. The molecule has 2 unspecified atom stereocenters. The molecule has 2 aliphatic carbocycles.